The van der Waals surface area contributed by atoms with Gasteiger partial charge in [-0.1, -0.05) is 12.1 Å². The van der Waals surface area contributed by atoms with Crippen LogP contribution in [0, 0.1) is 0 Å². The normalized spacial score (nSPS) is 11.0. The first kappa shape index (κ1) is 14.0. The molecule has 5 N–H and O–H groups in total. The van der Waals surface area contributed by atoms with Gasteiger partial charge in [0.2, 0.25) is 11.8 Å². The number of amides is 2. The molecule has 0 saturated heterocycles. The van der Waals surface area contributed by atoms with Crippen LogP contribution < -0.4 is 16.8 Å². The Hall–Kier alpha value is -2.04. The number of hydrogen-bond acceptors (Lipinski definition) is 3. The van der Waals surface area contributed by atoms with E-state index in [9.17, 15) is 9.59 Å². The number of rotatable bonds is 5. The Balaban J connectivity index is 2.59. The van der Waals surface area contributed by atoms with Crippen molar-refractivity contribution in [3.63, 3.8) is 0 Å². The van der Waals surface area contributed by atoms with Gasteiger partial charge in [0.05, 0.1) is 6.42 Å². The first-order valence-electron chi connectivity index (χ1n) is 5.72. The molecule has 18 heavy (non-hydrogen) atoms. The van der Waals surface area contributed by atoms with Crippen LogP contribution >= 0.6 is 0 Å². The van der Waals surface area contributed by atoms with E-state index in [1.165, 1.54) is 0 Å². The van der Waals surface area contributed by atoms with Crippen molar-refractivity contribution in [2.24, 2.45) is 5.73 Å². The number of hydrogen-bond donors (Lipinski definition) is 3. The molecule has 1 aromatic carbocycles. The largest absolute Gasteiger partial charge is 0.399 e. The van der Waals surface area contributed by atoms with Crippen molar-refractivity contribution >= 4 is 17.5 Å². The minimum Gasteiger partial charge on any atom is -0.399 e. The first-order valence-corrected chi connectivity index (χ1v) is 5.72. The molecule has 0 atom stereocenters. The fourth-order valence-corrected chi connectivity index (χ4v) is 1.79. The van der Waals surface area contributed by atoms with Crippen LogP contribution in [0.15, 0.2) is 24.3 Å². The van der Waals surface area contributed by atoms with E-state index in [-0.39, 0.29) is 18.7 Å². The van der Waals surface area contributed by atoms with Gasteiger partial charge in [0.25, 0.3) is 0 Å². The molecule has 0 aliphatic heterocycles. The van der Waals surface area contributed by atoms with Gasteiger partial charge in [-0.2, -0.15) is 0 Å². The molecule has 5 nitrogen and oxygen atoms in total. The summed E-state index contributed by atoms with van der Waals surface area (Å²) in [5.74, 6) is -0.601. The molecular formula is C13H19N3O2. The zero-order valence-corrected chi connectivity index (χ0v) is 10.7. The molecule has 0 aliphatic carbocycles. The summed E-state index contributed by atoms with van der Waals surface area (Å²) < 4.78 is 0. The minimum absolute atomic E-state index is 0.107. The molecule has 0 radical (unpaired) electrons. The van der Waals surface area contributed by atoms with Gasteiger partial charge in [-0.15, -0.1) is 0 Å². The quantitative estimate of drug-likeness (QED) is 0.666. The number of nitrogens with one attached hydrogen (secondary N) is 1. The van der Waals surface area contributed by atoms with E-state index in [2.05, 4.69) is 5.32 Å². The summed E-state index contributed by atoms with van der Waals surface area (Å²) in [6.45, 7) is 3.52. The second-order valence-electron chi connectivity index (χ2n) is 5.00. The topological polar surface area (TPSA) is 98.2 Å². The molecule has 0 saturated carbocycles. The van der Waals surface area contributed by atoms with Crippen LogP contribution in [-0.2, 0) is 16.0 Å². The average molecular weight is 249 g/mol. The third kappa shape index (κ3) is 4.86. The summed E-state index contributed by atoms with van der Waals surface area (Å²) in [4.78, 5) is 22.7. The third-order valence-corrected chi connectivity index (χ3v) is 2.41. The van der Waals surface area contributed by atoms with Gasteiger partial charge in [0, 0.05) is 17.6 Å². The van der Waals surface area contributed by atoms with Gasteiger partial charge >= 0.3 is 0 Å². The summed E-state index contributed by atoms with van der Waals surface area (Å²) in [7, 11) is 0. The maximum absolute atomic E-state index is 11.8. The second-order valence-corrected chi connectivity index (χ2v) is 5.00. The number of carbonyl (C=O) groups is 2. The van der Waals surface area contributed by atoms with Crippen LogP contribution in [0.2, 0.25) is 0 Å². The van der Waals surface area contributed by atoms with Gasteiger partial charge in [0.1, 0.15) is 0 Å². The maximum Gasteiger partial charge on any atom is 0.224 e. The number of nitrogen functional groups attached to an aromatic ring is 1. The molecule has 2 amide bonds. The third-order valence-electron chi connectivity index (χ3n) is 2.41. The molecule has 0 spiro atoms. The molecule has 98 valence electrons. The highest BCUT2D eigenvalue weighted by molar-refractivity contribution is 5.81. The summed E-state index contributed by atoms with van der Waals surface area (Å²) in [5.41, 5.74) is 11.6. The molecule has 0 heterocycles. The summed E-state index contributed by atoms with van der Waals surface area (Å²) >= 11 is 0. The minimum atomic E-state index is -0.636. The van der Waals surface area contributed by atoms with Gasteiger partial charge in [-0.05, 0) is 31.5 Å². The smallest absolute Gasteiger partial charge is 0.224 e. The number of benzene rings is 1. The standard InChI is InChI=1S/C13H19N3O2/c1-13(2,8-11(15)17)16-12(18)7-9-4-3-5-10(14)6-9/h3-6H,7-8,14H2,1-2H3,(H2,15,17)(H,16,18). The van der Waals surface area contributed by atoms with Crippen molar-refractivity contribution in [3.05, 3.63) is 29.8 Å². The van der Waals surface area contributed by atoms with Crippen molar-refractivity contribution in [2.45, 2.75) is 32.2 Å². The number of primary amides is 1. The van der Waals surface area contributed by atoms with Crippen LogP contribution in [-0.4, -0.2) is 17.4 Å². The highest BCUT2D eigenvalue weighted by Gasteiger charge is 2.22. The number of carbonyl (C=O) groups excluding carboxylic acids is 2. The zero-order chi connectivity index (χ0) is 13.8. The van der Waals surface area contributed by atoms with E-state index < -0.39 is 11.4 Å². The predicted octanol–water partition coefficient (Wildman–Crippen LogP) is 0.582. The molecule has 5 heteroatoms. The number of nitrogens with two attached hydrogens (primary N) is 2. The van der Waals surface area contributed by atoms with Crippen molar-refractivity contribution in [1.29, 1.82) is 0 Å². The lowest BCUT2D eigenvalue weighted by molar-refractivity contribution is -0.123. The molecule has 1 rings (SSSR count). The predicted molar refractivity (Wildman–Crippen MR) is 70.6 cm³/mol. The lowest BCUT2D eigenvalue weighted by Crippen LogP contribution is -2.46. The molecule has 0 fully saturated rings. The lowest BCUT2D eigenvalue weighted by Gasteiger charge is -2.24. The maximum atomic E-state index is 11.8. The van der Waals surface area contributed by atoms with Gasteiger partial charge in [-0.3, -0.25) is 9.59 Å². The average Bonchev–Trinajstić information content (AvgIpc) is 2.13. The van der Waals surface area contributed by atoms with E-state index in [1.54, 1.807) is 32.0 Å². The molecule has 0 unspecified atom stereocenters. The van der Waals surface area contributed by atoms with E-state index in [4.69, 9.17) is 11.5 Å². The SMILES string of the molecule is CC(C)(CC(N)=O)NC(=O)Cc1cccc(N)c1. The van der Waals surface area contributed by atoms with Crippen molar-refractivity contribution < 1.29 is 9.59 Å². The van der Waals surface area contributed by atoms with Gasteiger partial charge < -0.3 is 16.8 Å². The van der Waals surface area contributed by atoms with Crippen LogP contribution in [0.3, 0.4) is 0 Å². The Morgan fingerprint density at radius 2 is 2.00 bits per heavy atom. The summed E-state index contributed by atoms with van der Waals surface area (Å²) in [5, 5.41) is 2.77. The summed E-state index contributed by atoms with van der Waals surface area (Å²) in [6.07, 6.45) is 0.336. The zero-order valence-electron chi connectivity index (χ0n) is 10.7. The fraction of sp³-hybridized carbons (Fsp3) is 0.385. The molecule has 0 aliphatic rings. The molecular weight excluding hydrogens is 230 g/mol. The van der Waals surface area contributed by atoms with Crippen LogP contribution in [0.25, 0.3) is 0 Å². The Bertz CT molecular complexity index is 455. The molecule has 0 bridgehead atoms. The Labute approximate surface area is 107 Å². The van der Waals surface area contributed by atoms with Gasteiger partial charge in [0.15, 0.2) is 0 Å². The second kappa shape index (κ2) is 5.53. The highest BCUT2D eigenvalue weighted by Crippen LogP contribution is 2.10. The van der Waals surface area contributed by atoms with Crippen LogP contribution in [0.5, 0.6) is 0 Å². The van der Waals surface area contributed by atoms with Crippen LogP contribution in [0.4, 0.5) is 5.69 Å². The van der Waals surface area contributed by atoms with Crippen LogP contribution in [0.1, 0.15) is 25.8 Å². The summed E-state index contributed by atoms with van der Waals surface area (Å²) in [6, 6.07) is 7.14. The Morgan fingerprint density at radius 1 is 1.33 bits per heavy atom. The Kier molecular flexibility index (Phi) is 4.31. The molecule has 1 aromatic rings. The van der Waals surface area contributed by atoms with Gasteiger partial charge in [-0.25, -0.2) is 0 Å². The lowest BCUT2D eigenvalue weighted by atomic mass is 9.99. The molecule has 0 aromatic heterocycles. The fourth-order valence-electron chi connectivity index (χ4n) is 1.79. The van der Waals surface area contributed by atoms with E-state index in [1.807, 2.05) is 6.07 Å². The van der Waals surface area contributed by atoms with Crippen molar-refractivity contribution in [1.82, 2.24) is 5.32 Å². The Morgan fingerprint density at radius 3 is 2.56 bits per heavy atom. The number of anilines is 1. The highest BCUT2D eigenvalue weighted by atomic mass is 16.2. The first-order chi connectivity index (χ1) is 8.28. The van der Waals surface area contributed by atoms with E-state index >= 15 is 0 Å². The van der Waals surface area contributed by atoms with Crippen molar-refractivity contribution in [2.75, 3.05) is 5.73 Å². The van der Waals surface area contributed by atoms with Crippen molar-refractivity contribution in [3.8, 4) is 0 Å². The van der Waals surface area contributed by atoms with E-state index in [0.717, 1.165) is 5.56 Å². The van der Waals surface area contributed by atoms with E-state index in [0.29, 0.717) is 5.69 Å². The monoisotopic (exact) mass is 249 g/mol.